The highest BCUT2D eigenvalue weighted by Crippen LogP contribution is 2.22. The third-order valence-electron chi connectivity index (χ3n) is 5.56. The first-order chi connectivity index (χ1) is 17.0. The van der Waals surface area contributed by atoms with Crippen molar-refractivity contribution in [2.24, 2.45) is 0 Å². The molecule has 0 spiro atoms. The van der Waals surface area contributed by atoms with Gasteiger partial charge in [0.2, 0.25) is 15.9 Å². The molecular weight excluding hydrogens is 468 g/mol. The molecular formula is C25H28N4O5S. The molecule has 184 valence electrons. The Hall–Kier alpha value is -3.50. The van der Waals surface area contributed by atoms with Gasteiger partial charge in [0, 0.05) is 30.3 Å². The third kappa shape index (κ3) is 6.14. The molecule has 0 saturated carbocycles. The number of hydrogen-bond acceptors (Lipinski definition) is 7. The fourth-order valence-electron chi connectivity index (χ4n) is 3.72. The molecule has 0 aliphatic carbocycles. The van der Waals surface area contributed by atoms with Crippen molar-refractivity contribution in [3.63, 3.8) is 0 Å². The van der Waals surface area contributed by atoms with E-state index in [4.69, 9.17) is 9.47 Å². The molecule has 0 unspecified atom stereocenters. The summed E-state index contributed by atoms with van der Waals surface area (Å²) in [6, 6.07) is 17.1. The Morgan fingerprint density at radius 1 is 0.943 bits per heavy atom. The fourth-order valence-corrected chi connectivity index (χ4v) is 5.23. The van der Waals surface area contributed by atoms with E-state index in [0.717, 1.165) is 24.2 Å². The SMILES string of the molecule is CCOc1ccc(-c2ccc(OCCNC(=O)c3ccc(S(=O)(=O)N4CCCC4)cc3)nn2)cc1. The molecule has 1 aliphatic heterocycles. The van der Waals surface area contributed by atoms with Gasteiger partial charge in [0.25, 0.3) is 5.91 Å². The van der Waals surface area contributed by atoms with Gasteiger partial charge in [-0.05, 0) is 74.4 Å². The van der Waals surface area contributed by atoms with Crippen molar-refractivity contribution < 1.29 is 22.7 Å². The van der Waals surface area contributed by atoms with Crippen LogP contribution in [0, 0.1) is 0 Å². The molecule has 0 radical (unpaired) electrons. The summed E-state index contributed by atoms with van der Waals surface area (Å²) >= 11 is 0. The molecule has 0 bridgehead atoms. The van der Waals surface area contributed by atoms with Crippen LogP contribution in [0.3, 0.4) is 0 Å². The van der Waals surface area contributed by atoms with Gasteiger partial charge in [-0.15, -0.1) is 10.2 Å². The van der Waals surface area contributed by atoms with E-state index in [1.54, 1.807) is 6.07 Å². The van der Waals surface area contributed by atoms with E-state index in [9.17, 15) is 13.2 Å². The number of amides is 1. The smallest absolute Gasteiger partial charge is 0.251 e. The predicted molar refractivity (Wildman–Crippen MR) is 131 cm³/mol. The van der Waals surface area contributed by atoms with Gasteiger partial charge in [0.05, 0.1) is 23.7 Å². The maximum Gasteiger partial charge on any atom is 0.251 e. The summed E-state index contributed by atoms with van der Waals surface area (Å²) in [5.74, 6) is 0.843. The van der Waals surface area contributed by atoms with Gasteiger partial charge in [0.15, 0.2) is 0 Å². The lowest BCUT2D eigenvalue weighted by Gasteiger charge is -2.15. The Morgan fingerprint density at radius 2 is 1.66 bits per heavy atom. The monoisotopic (exact) mass is 496 g/mol. The van der Waals surface area contributed by atoms with Crippen molar-refractivity contribution in [3.8, 4) is 22.9 Å². The number of benzene rings is 2. The van der Waals surface area contributed by atoms with Gasteiger partial charge in [-0.3, -0.25) is 4.79 Å². The van der Waals surface area contributed by atoms with E-state index in [2.05, 4.69) is 15.5 Å². The summed E-state index contributed by atoms with van der Waals surface area (Å²) < 4.78 is 37.7. The zero-order valence-electron chi connectivity index (χ0n) is 19.5. The normalized spacial score (nSPS) is 14.0. The van der Waals surface area contributed by atoms with Gasteiger partial charge < -0.3 is 14.8 Å². The van der Waals surface area contributed by atoms with Gasteiger partial charge in [-0.25, -0.2) is 8.42 Å². The maximum atomic E-state index is 12.6. The molecule has 3 aromatic rings. The molecule has 1 aliphatic rings. The lowest BCUT2D eigenvalue weighted by atomic mass is 10.1. The number of carbonyl (C=O) groups is 1. The first-order valence-corrected chi connectivity index (χ1v) is 13.0. The molecule has 2 heterocycles. The average molecular weight is 497 g/mol. The van der Waals surface area contributed by atoms with Crippen molar-refractivity contribution in [2.75, 3.05) is 32.8 Å². The fraction of sp³-hybridized carbons (Fsp3) is 0.320. The molecule has 1 aromatic heterocycles. The zero-order valence-corrected chi connectivity index (χ0v) is 20.3. The molecule has 2 aromatic carbocycles. The average Bonchev–Trinajstić information content (AvgIpc) is 3.44. The van der Waals surface area contributed by atoms with Crippen LogP contribution in [-0.4, -0.2) is 61.7 Å². The molecule has 0 atom stereocenters. The summed E-state index contributed by atoms with van der Waals surface area (Å²) in [5.41, 5.74) is 2.01. The second-order valence-electron chi connectivity index (χ2n) is 7.95. The number of ether oxygens (including phenoxy) is 2. The maximum absolute atomic E-state index is 12.6. The molecule has 1 saturated heterocycles. The minimum atomic E-state index is -3.49. The van der Waals surface area contributed by atoms with Crippen LogP contribution in [0.15, 0.2) is 65.6 Å². The minimum Gasteiger partial charge on any atom is -0.494 e. The van der Waals surface area contributed by atoms with Crippen LogP contribution in [0.2, 0.25) is 0 Å². The summed E-state index contributed by atoms with van der Waals surface area (Å²) in [6.45, 7) is 4.10. The van der Waals surface area contributed by atoms with Crippen molar-refractivity contribution in [1.82, 2.24) is 19.8 Å². The van der Waals surface area contributed by atoms with Gasteiger partial charge >= 0.3 is 0 Å². The molecule has 1 fully saturated rings. The highest BCUT2D eigenvalue weighted by molar-refractivity contribution is 7.89. The van der Waals surface area contributed by atoms with E-state index in [1.165, 1.54) is 28.6 Å². The van der Waals surface area contributed by atoms with Crippen molar-refractivity contribution in [3.05, 3.63) is 66.2 Å². The Labute approximate surface area is 205 Å². The second kappa shape index (κ2) is 11.3. The standard InChI is InChI=1S/C25H28N4O5S/c1-2-33-21-9-5-19(6-10-21)23-13-14-24(28-27-23)34-18-15-26-25(30)20-7-11-22(12-8-20)35(31,32)29-16-3-4-17-29/h5-14H,2-4,15-18H2,1H3,(H,26,30). The van der Waals surface area contributed by atoms with E-state index in [-0.39, 0.29) is 24.0 Å². The van der Waals surface area contributed by atoms with E-state index in [0.29, 0.717) is 36.8 Å². The number of aromatic nitrogens is 2. The number of nitrogens with one attached hydrogen (secondary N) is 1. The Morgan fingerprint density at radius 3 is 2.29 bits per heavy atom. The number of sulfonamides is 1. The third-order valence-corrected chi connectivity index (χ3v) is 7.47. The molecule has 1 N–H and O–H groups in total. The largest absolute Gasteiger partial charge is 0.494 e. The molecule has 4 rings (SSSR count). The first kappa shape index (κ1) is 24.6. The van der Waals surface area contributed by atoms with Gasteiger partial charge in [0.1, 0.15) is 12.4 Å². The molecule has 35 heavy (non-hydrogen) atoms. The lowest BCUT2D eigenvalue weighted by Crippen LogP contribution is -2.29. The first-order valence-electron chi connectivity index (χ1n) is 11.6. The van der Waals surface area contributed by atoms with Crippen LogP contribution < -0.4 is 14.8 Å². The number of carbonyl (C=O) groups excluding carboxylic acids is 1. The quantitative estimate of drug-likeness (QED) is 0.429. The Bertz CT molecular complexity index is 1220. The summed E-state index contributed by atoms with van der Waals surface area (Å²) in [4.78, 5) is 12.6. The second-order valence-corrected chi connectivity index (χ2v) is 9.89. The van der Waals surface area contributed by atoms with Crippen LogP contribution in [0.1, 0.15) is 30.1 Å². The molecule has 1 amide bonds. The number of rotatable bonds is 10. The Balaban J connectivity index is 1.24. The lowest BCUT2D eigenvalue weighted by molar-refractivity contribution is 0.0946. The van der Waals surface area contributed by atoms with Crippen molar-refractivity contribution in [1.29, 1.82) is 0 Å². The highest BCUT2D eigenvalue weighted by Gasteiger charge is 2.27. The summed E-state index contributed by atoms with van der Waals surface area (Å²) in [6.07, 6.45) is 1.75. The van der Waals surface area contributed by atoms with E-state index >= 15 is 0 Å². The van der Waals surface area contributed by atoms with Crippen LogP contribution in [-0.2, 0) is 10.0 Å². The zero-order chi connectivity index (χ0) is 24.7. The van der Waals surface area contributed by atoms with Crippen molar-refractivity contribution >= 4 is 15.9 Å². The summed E-state index contributed by atoms with van der Waals surface area (Å²) in [5, 5.41) is 11.0. The van der Waals surface area contributed by atoms with Crippen molar-refractivity contribution in [2.45, 2.75) is 24.7 Å². The van der Waals surface area contributed by atoms with E-state index < -0.39 is 10.0 Å². The number of hydrogen-bond donors (Lipinski definition) is 1. The molecule has 9 nitrogen and oxygen atoms in total. The van der Waals surface area contributed by atoms with Crippen LogP contribution >= 0.6 is 0 Å². The molecule has 10 heteroatoms. The van der Waals surface area contributed by atoms with Gasteiger partial charge in [-0.2, -0.15) is 4.31 Å². The van der Waals surface area contributed by atoms with Crippen LogP contribution in [0.25, 0.3) is 11.3 Å². The highest BCUT2D eigenvalue weighted by atomic mass is 32.2. The van der Waals surface area contributed by atoms with Crippen LogP contribution in [0.4, 0.5) is 0 Å². The van der Waals surface area contributed by atoms with E-state index in [1.807, 2.05) is 37.3 Å². The summed E-state index contributed by atoms with van der Waals surface area (Å²) in [7, 11) is -3.49. The predicted octanol–water partition coefficient (Wildman–Crippen LogP) is 3.14. The van der Waals surface area contributed by atoms with Gasteiger partial charge in [-0.1, -0.05) is 0 Å². The topological polar surface area (TPSA) is 111 Å². The minimum absolute atomic E-state index is 0.201. The Kier molecular flexibility index (Phi) is 7.94. The number of nitrogens with zero attached hydrogens (tertiary/aromatic N) is 3. The van der Waals surface area contributed by atoms with Crippen LogP contribution in [0.5, 0.6) is 11.6 Å².